The van der Waals surface area contributed by atoms with Gasteiger partial charge >= 0.3 is 0 Å². The summed E-state index contributed by atoms with van der Waals surface area (Å²) in [5.74, 6) is 5.21. The number of amides is 4. The van der Waals surface area contributed by atoms with Crippen molar-refractivity contribution in [3.05, 3.63) is 88.5 Å². The maximum absolute atomic E-state index is 14.0. The van der Waals surface area contributed by atoms with Gasteiger partial charge in [-0.05, 0) is 79.8 Å². The molecule has 3 aromatic rings. The van der Waals surface area contributed by atoms with Crippen molar-refractivity contribution in [1.29, 1.82) is 0 Å². The Morgan fingerprint density at radius 2 is 1.62 bits per heavy atom. The van der Waals surface area contributed by atoms with Crippen molar-refractivity contribution in [3.8, 4) is 23.3 Å². The molecule has 4 aliphatic heterocycles. The summed E-state index contributed by atoms with van der Waals surface area (Å²) in [6, 6.07) is 17.5. The minimum Gasteiger partial charge on any atom is -0.493 e. The molecule has 0 aromatic heterocycles. The minimum absolute atomic E-state index is 0.215. The average Bonchev–Trinajstić information content (AvgIpc) is 3.46. The molecule has 13 nitrogen and oxygen atoms in total. The summed E-state index contributed by atoms with van der Waals surface area (Å²) in [6.07, 6.45) is 4.69. The van der Waals surface area contributed by atoms with Crippen LogP contribution in [0.15, 0.2) is 60.7 Å². The Morgan fingerprint density at radius 1 is 0.862 bits per heavy atom. The Hall–Kier alpha value is -5.23. The fourth-order valence-electron chi connectivity index (χ4n) is 8.57. The number of hydrogen-bond acceptors (Lipinski definition) is 11. The molecule has 3 saturated heterocycles. The van der Waals surface area contributed by atoms with Crippen LogP contribution in [0, 0.1) is 11.8 Å². The summed E-state index contributed by atoms with van der Waals surface area (Å²) in [5.41, 5.74) is 3.65. The zero-order chi connectivity index (χ0) is 41.0. The molecule has 0 aliphatic carbocycles. The van der Waals surface area contributed by atoms with Crippen molar-refractivity contribution in [3.63, 3.8) is 0 Å². The van der Waals surface area contributed by atoms with E-state index in [1.165, 1.54) is 7.11 Å². The molecule has 1 N–H and O–H groups in total. The SMILES string of the molecule is CCOc1cc([C@@H](CS(C)(=O)=O)N2C(=O)c3ccc(N4CCC(N5CCN(CCC#Cc6cccc(C7CCC(=O)NC7=O)c6)CC5)CC4)cc3C2=O)ccc1OC. The molecule has 0 saturated carbocycles. The molecule has 4 heterocycles. The summed E-state index contributed by atoms with van der Waals surface area (Å²) in [4.78, 5) is 60.0. The van der Waals surface area contributed by atoms with Crippen molar-refractivity contribution in [1.82, 2.24) is 20.0 Å². The van der Waals surface area contributed by atoms with Gasteiger partial charge in [0.2, 0.25) is 11.8 Å². The summed E-state index contributed by atoms with van der Waals surface area (Å²) in [7, 11) is -2.09. The van der Waals surface area contributed by atoms with Crippen LogP contribution in [-0.2, 0) is 19.4 Å². The van der Waals surface area contributed by atoms with Crippen molar-refractivity contribution >= 4 is 39.2 Å². The van der Waals surface area contributed by atoms with Crippen LogP contribution in [-0.4, -0.2) is 124 Å². The molecule has 0 radical (unpaired) electrons. The number of imide groups is 2. The number of carbonyl (C=O) groups excluding carboxylic acids is 4. The van der Waals surface area contributed by atoms with Crippen molar-refractivity contribution in [2.45, 2.75) is 57.0 Å². The molecule has 7 rings (SSSR count). The van der Waals surface area contributed by atoms with Gasteiger partial charge < -0.3 is 14.4 Å². The van der Waals surface area contributed by atoms with E-state index in [1.54, 1.807) is 30.3 Å². The standard InChI is InChI=1S/C44H51N5O8S/c1-4-57-40-27-32(11-15-39(40)56-2)38(29-58(3,54)55)49-43(52)36-13-12-34(28-37(36)44(49)53)47-20-17-33(18-21-47)48-24-22-46(23-25-48)19-6-5-8-30-9-7-10-31(26-30)35-14-16-41(50)45-42(35)51/h7,9-13,15,26-28,33,35,38H,4,6,14,16-25,29H2,1-3H3,(H,45,50,51)/t35?,38-/m1/s1. The number of piperidine rings is 2. The third-order valence-electron chi connectivity index (χ3n) is 11.6. The first kappa shape index (κ1) is 40.9. The Labute approximate surface area is 340 Å². The molecule has 306 valence electrons. The molecular formula is C44H51N5O8S. The number of benzene rings is 3. The van der Waals surface area contributed by atoms with Crippen LogP contribution in [0.4, 0.5) is 5.69 Å². The first-order valence-electron chi connectivity index (χ1n) is 20.1. The van der Waals surface area contributed by atoms with Crippen molar-refractivity contribution < 1.29 is 37.1 Å². The molecule has 1 unspecified atom stereocenters. The highest BCUT2D eigenvalue weighted by atomic mass is 32.2. The second-order valence-electron chi connectivity index (χ2n) is 15.4. The lowest BCUT2D eigenvalue weighted by molar-refractivity contribution is -0.134. The molecule has 0 bridgehead atoms. The third-order valence-corrected chi connectivity index (χ3v) is 12.5. The minimum atomic E-state index is -3.60. The van der Waals surface area contributed by atoms with Crippen LogP contribution < -0.4 is 19.7 Å². The molecule has 2 atom stereocenters. The predicted octanol–water partition coefficient (Wildman–Crippen LogP) is 4.02. The molecule has 3 aromatic carbocycles. The number of sulfone groups is 1. The zero-order valence-electron chi connectivity index (χ0n) is 33.4. The van der Waals surface area contributed by atoms with Crippen molar-refractivity contribution in [2.75, 3.05) is 76.4 Å². The maximum atomic E-state index is 14.0. The highest BCUT2D eigenvalue weighted by Crippen LogP contribution is 2.38. The smallest absolute Gasteiger partial charge is 0.262 e. The van der Waals surface area contributed by atoms with Crippen molar-refractivity contribution in [2.24, 2.45) is 0 Å². The number of rotatable bonds is 12. The molecule has 58 heavy (non-hydrogen) atoms. The van der Waals surface area contributed by atoms with Gasteiger partial charge in [-0.2, -0.15) is 0 Å². The first-order chi connectivity index (χ1) is 27.9. The highest BCUT2D eigenvalue weighted by Gasteiger charge is 2.42. The van der Waals surface area contributed by atoms with Gasteiger partial charge in [0.15, 0.2) is 11.5 Å². The maximum Gasteiger partial charge on any atom is 0.262 e. The van der Waals surface area contributed by atoms with Crippen LogP contribution in [0.3, 0.4) is 0 Å². The van der Waals surface area contributed by atoms with E-state index in [9.17, 15) is 27.6 Å². The van der Waals surface area contributed by atoms with Gasteiger partial charge in [0.25, 0.3) is 11.8 Å². The average molecular weight is 810 g/mol. The highest BCUT2D eigenvalue weighted by molar-refractivity contribution is 7.90. The van der Waals surface area contributed by atoms with E-state index in [1.807, 2.05) is 37.3 Å². The Kier molecular flexibility index (Phi) is 12.5. The summed E-state index contributed by atoms with van der Waals surface area (Å²) in [5, 5.41) is 2.43. The van der Waals surface area contributed by atoms with E-state index in [-0.39, 0.29) is 28.9 Å². The van der Waals surface area contributed by atoms with Gasteiger partial charge in [0.05, 0.1) is 42.6 Å². The number of piperazine rings is 1. The van der Waals surface area contributed by atoms with E-state index in [0.29, 0.717) is 42.6 Å². The lowest BCUT2D eigenvalue weighted by Crippen LogP contribution is -2.53. The van der Waals surface area contributed by atoms with Gasteiger partial charge in [-0.3, -0.25) is 39.2 Å². The number of nitrogens with zero attached hydrogens (tertiary/aromatic N) is 4. The van der Waals surface area contributed by atoms with Gasteiger partial charge in [-0.15, -0.1) is 0 Å². The largest absolute Gasteiger partial charge is 0.493 e. The van der Waals surface area contributed by atoms with Gasteiger partial charge in [0, 0.05) is 82.2 Å². The Bertz CT molecular complexity index is 2230. The summed E-state index contributed by atoms with van der Waals surface area (Å²) in [6.45, 7) is 8.65. The van der Waals surface area contributed by atoms with Crippen LogP contribution in [0.1, 0.15) is 88.4 Å². The molecule has 0 spiro atoms. The zero-order valence-corrected chi connectivity index (χ0v) is 34.2. The quantitative estimate of drug-likeness (QED) is 0.209. The molecule has 4 aliphatic rings. The molecular weight excluding hydrogens is 759 g/mol. The Balaban J connectivity index is 0.914. The second-order valence-corrected chi connectivity index (χ2v) is 17.6. The number of ether oxygens (including phenoxy) is 2. The van der Waals surface area contributed by atoms with Crippen LogP contribution in [0.5, 0.6) is 11.5 Å². The number of nitrogens with one attached hydrogen (secondary N) is 1. The molecule has 4 amide bonds. The van der Waals surface area contributed by atoms with E-state index in [0.717, 1.165) is 93.0 Å². The number of methoxy groups -OCH3 is 1. The number of hydrogen-bond donors (Lipinski definition) is 1. The van der Waals surface area contributed by atoms with Crippen LogP contribution in [0.2, 0.25) is 0 Å². The van der Waals surface area contributed by atoms with E-state index < -0.39 is 33.4 Å². The number of carbonyl (C=O) groups is 4. The normalized spacial score (nSPS) is 20.0. The third kappa shape index (κ3) is 9.22. The lowest BCUT2D eigenvalue weighted by atomic mass is 9.90. The predicted molar refractivity (Wildman–Crippen MR) is 220 cm³/mol. The van der Waals surface area contributed by atoms with E-state index in [4.69, 9.17) is 9.47 Å². The lowest BCUT2D eigenvalue weighted by Gasteiger charge is -2.43. The monoisotopic (exact) mass is 809 g/mol. The van der Waals surface area contributed by atoms with Gasteiger partial charge in [0.1, 0.15) is 9.84 Å². The first-order valence-corrected chi connectivity index (χ1v) is 22.1. The van der Waals surface area contributed by atoms with Crippen LogP contribution >= 0.6 is 0 Å². The summed E-state index contributed by atoms with van der Waals surface area (Å²) >= 11 is 0. The second kappa shape index (κ2) is 17.7. The van der Waals surface area contributed by atoms with Gasteiger partial charge in [-0.25, -0.2) is 8.42 Å². The topological polar surface area (TPSA) is 146 Å². The van der Waals surface area contributed by atoms with Crippen LogP contribution in [0.25, 0.3) is 0 Å². The Morgan fingerprint density at radius 3 is 2.33 bits per heavy atom. The van der Waals surface area contributed by atoms with Gasteiger partial charge in [-0.1, -0.05) is 30.0 Å². The fraction of sp³-hybridized carbons (Fsp3) is 0.455. The number of fused-ring (bicyclic) bond motifs is 1. The molecule has 3 fully saturated rings. The fourth-order valence-corrected chi connectivity index (χ4v) is 9.48. The molecule has 14 heteroatoms. The van der Waals surface area contributed by atoms with E-state index >= 15 is 0 Å². The number of anilines is 1. The summed E-state index contributed by atoms with van der Waals surface area (Å²) < 4.78 is 36.4. The van der Waals surface area contributed by atoms with E-state index in [2.05, 4.69) is 31.9 Å².